The molecule has 0 atom stereocenters. The Kier molecular flexibility index (Phi) is 4.91. The molecule has 0 saturated heterocycles. The third-order valence-corrected chi connectivity index (χ3v) is 5.63. The van der Waals surface area contributed by atoms with Gasteiger partial charge in [0.2, 0.25) is 11.6 Å². The lowest BCUT2D eigenvalue weighted by Crippen LogP contribution is -2.13. The molecule has 1 aliphatic heterocycles. The highest BCUT2D eigenvalue weighted by molar-refractivity contribution is 7.07. The highest BCUT2D eigenvalue weighted by Crippen LogP contribution is 2.32. The molecule has 6 heteroatoms. The van der Waals surface area contributed by atoms with Crippen LogP contribution in [0.4, 0.5) is 0 Å². The van der Waals surface area contributed by atoms with Gasteiger partial charge in [0.25, 0.3) is 0 Å². The summed E-state index contributed by atoms with van der Waals surface area (Å²) in [4.78, 5) is 0.800. The summed E-state index contributed by atoms with van der Waals surface area (Å²) in [6.45, 7) is 2.35. The van der Waals surface area contributed by atoms with Crippen LogP contribution in [0.15, 0.2) is 88.4 Å². The van der Waals surface area contributed by atoms with Gasteiger partial charge < -0.3 is 9.47 Å². The van der Waals surface area contributed by atoms with Gasteiger partial charge in [0.15, 0.2) is 11.5 Å². The monoisotopic (exact) mass is 413 g/mol. The fourth-order valence-corrected chi connectivity index (χ4v) is 4.13. The minimum Gasteiger partial charge on any atom is -0.454 e. The number of rotatable bonds is 4. The fraction of sp³-hybridized carbons (Fsp3) is 0.0833. The van der Waals surface area contributed by atoms with E-state index in [1.807, 2.05) is 36.4 Å². The SMILES string of the molecule is Cc1ccc(-c2cs/c(=N/N=C\c3ccc4c(c3)OCO4)n2-c2ccccc2)cc1. The summed E-state index contributed by atoms with van der Waals surface area (Å²) in [5.41, 5.74) is 5.42. The number of thiazole rings is 1. The van der Waals surface area contributed by atoms with Crippen LogP contribution in [-0.2, 0) is 0 Å². The second-order valence-electron chi connectivity index (χ2n) is 6.90. The van der Waals surface area contributed by atoms with Crippen molar-refractivity contribution in [1.29, 1.82) is 0 Å². The largest absolute Gasteiger partial charge is 0.454 e. The van der Waals surface area contributed by atoms with E-state index in [1.165, 1.54) is 5.56 Å². The highest BCUT2D eigenvalue weighted by atomic mass is 32.1. The van der Waals surface area contributed by atoms with Crippen LogP contribution in [0.1, 0.15) is 11.1 Å². The number of nitrogens with zero attached hydrogens (tertiary/aromatic N) is 3. The maximum absolute atomic E-state index is 5.42. The van der Waals surface area contributed by atoms with Crippen LogP contribution >= 0.6 is 11.3 Å². The molecule has 5 nitrogen and oxygen atoms in total. The summed E-state index contributed by atoms with van der Waals surface area (Å²) in [6, 6.07) is 24.4. The van der Waals surface area contributed by atoms with Gasteiger partial charge in [-0.25, -0.2) is 0 Å². The summed E-state index contributed by atoms with van der Waals surface area (Å²) in [7, 11) is 0. The smallest absolute Gasteiger partial charge is 0.231 e. The van der Waals surface area contributed by atoms with Gasteiger partial charge in [-0.3, -0.25) is 4.57 Å². The molecule has 0 saturated carbocycles. The lowest BCUT2D eigenvalue weighted by Gasteiger charge is -2.09. The molecule has 4 aromatic rings. The van der Waals surface area contributed by atoms with E-state index in [1.54, 1.807) is 17.6 Å². The zero-order chi connectivity index (χ0) is 20.3. The van der Waals surface area contributed by atoms with Crippen LogP contribution in [0, 0.1) is 6.92 Å². The van der Waals surface area contributed by atoms with Crippen molar-refractivity contribution in [2.45, 2.75) is 6.92 Å². The van der Waals surface area contributed by atoms with Gasteiger partial charge in [-0.2, -0.15) is 5.10 Å². The third kappa shape index (κ3) is 3.65. The molecular weight excluding hydrogens is 394 g/mol. The van der Waals surface area contributed by atoms with Gasteiger partial charge in [-0.15, -0.1) is 16.4 Å². The quantitative estimate of drug-likeness (QED) is 0.342. The van der Waals surface area contributed by atoms with Gasteiger partial charge in [0.05, 0.1) is 11.9 Å². The lowest BCUT2D eigenvalue weighted by molar-refractivity contribution is 0.174. The maximum Gasteiger partial charge on any atom is 0.231 e. The van der Waals surface area contributed by atoms with Crippen LogP contribution < -0.4 is 14.3 Å². The standard InChI is InChI=1S/C24H19N3O2S/c1-17-7-10-19(11-8-17)21-15-30-24(27(21)20-5-3-2-4-6-20)26-25-14-18-9-12-22-23(13-18)29-16-28-22/h2-15H,16H2,1H3/b25-14-,26-24+. The van der Waals surface area contributed by atoms with E-state index in [0.29, 0.717) is 0 Å². The molecule has 0 unspecified atom stereocenters. The molecule has 3 aromatic carbocycles. The van der Waals surface area contributed by atoms with Crippen LogP contribution in [0.25, 0.3) is 16.9 Å². The van der Waals surface area contributed by atoms with Gasteiger partial charge in [-0.1, -0.05) is 48.0 Å². The number of ether oxygens (including phenoxy) is 2. The second-order valence-corrected chi connectivity index (χ2v) is 7.73. The van der Waals surface area contributed by atoms with E-state index in [4.69, 9.17) is 9.47 Å². The molecule has 2 heterocycles. The predicted octanol–water partition coefficient (Wildman–Crippen LogP) is 5.18. The summed E-state index contributed by atoms with van der Waals surface area (Å²) in [5, 5.41) is 11.0. The molecule has 148 valence electrons. The van der Waals surface area contributed by atoms with Crippen molar-refractivity contribution in [3.63, 3.8) is 0 Å². The van der Waals surface area contributed by atoms with E-state index >= 15 is 0 Å². The average Bonchev–Trinajstić information content (AvgIpc) is 3.42. The Morgan fingerprint density at radius 3 is 2.57 bits per heavy atom. The minimum absolute atomic E-state index is 0.258. The number of hydrogen-bond donors (Lipinski definition) is 0. The zero-order valence-electron chi connectivity index (χ0n) is 16.4. The molecule has 5 rings (SSSR count). The summed E-state index contributed by atoms with van der Waals surface area (Å²) < 4.78 is 12.9. The normalized spacial score (nSPS) is 13.3. The molecule has 0 spiro atoms. The molecule has 0 aliphatic carbocycles. The van der Waals surface area contributed by atoms with E-state index in [-0.39, 0.29) is 6.79 Å². The van der Waals surface area contributed by atoms with Crippen molar-refractivity contribution in [1.82, 2.24) is 4.57 Å². The number of hydrogen-bond acceptors (Lipinski definition) is 5. The van der Waals surface area contributed by atoms with E-state index in [2.05, 4.69) is 63.5 Å². The molecule has 30 heavy (non-hydrogen) atoms. The van der Waals surface area contributed by atoms with Crippen LogP contribution in [-0.4, -0.2) is 17.6 Å². The van der Waals surface area contributed by atoms with Gasteiger partial charge in [-0.05, 0) is 48.4 Å². The lowest BCUT2D eigenvalue weighted by atomic mass is 10.1. The summed E-state index contributed by atoms with van der Waals surface area (Å²) in [6.07, 6.45) is 1.72. The summed E-state index contributed by atoms with van der Waals surface area (Å²) in [5.74, 6) is 1.49. The average molecular weight is 414 g/mol. The van der Waals surface area contributed by atoms with E-state index in [9.17, 15) is 0 Å². The van der Waals surface area contributed by atoms with Crippen molar-refractivity contribution in [2.24, 2.45) is 10.2 Å². The number of fused-ring (bicyclic) bond motifs is 1. The van der Waals surface area contributed by atoms with Crippen molar-refractivity contribution >= 4 is 17.6 Å². The van der Waals surface area contributed by atoms with Gasteiger partial charge >= 0.3 is 0 Å². The molecular formula is C24H19N3O2S. The number of para-hydroxylation sites is 1. The fourth-order valence-electron chi connectivity index (χ4n) is 3.27. The first-order valence-electron chi connectivity index (χ1n) is 9.58. The molecule has 1 aliphatic rings. The molecule has 1 aromatic heterocycles. The first kappa shape index (κ1) is 18.4. The van der Waals surface area contributed by atoms with Gasteiger partial charge in [0.1, 0.15) is 0 Å². The van der Waals surface area contributed by atoms with Crippen molar-refractivity contribution in [3.05, 3.63) is 94.1 Å². The summed E-state index contributed by atoms with van der Waals surface area (Å²) >= 11 is 1.56. The number of benzene rings is 3. The van der Waals surface area contributed by atoms with Crippen LogP contribution in [0.3, 0.4) is 0 Å². The van der Waals surface area contributed by atoms with Gasteiger partial charge in [0, 0.05) is 11.1 Å². The Balaban J connectivity index is 1.55. The minimum atomic E-state index is 0.258. The van der Waals surface area contributed by atoms with Crippen LogP contribution in [0.2, 0.25) is 0 Å². The second kappa shape index (κ2) is 8.00. The zero-order valence-corrected chi connectivity index (χ0v) is 17.2. The van der Waals surface area contributed by atoms with Crippen LogP contribution in [0.5, 0.6) is 11.5 Å². The molecule has 0 amide bonds. The molecule has 0 bridgehead atoms. The Hall–Kier alpha value is -3.64. The Labute approximate surface area is 178 Å². The predicted molar refractivity (Wildman–Crippen MR) is 120 cm³/mol. The van der Waals surface area contributed by atoms with Crippen molar-refractivity contribution < 1.29 is 9.47 Å². The Morgan fingerprint density at radius 2 is 1.73 bits per heavy atom. The van der Waals surface area contributed by atoms with E-state index in [0.717, 1.165) is 38.8 Å². The Bertz CT molecular complexity index is 1270. The number of aromatic nitrogens is 1. The van der Waals surface area contributed by atoms with E-state index < -0.39 is 0 Å². The topological polar surface area (TPSA) is 48.1 Å². The maximum atomic E-state index is 5.42. The third-order valence-electron chi connectivity index (χ3n) is 4.82. The molecule has 0 fully saturated rings. The molecule has 0 radical (unpaired) electrons. The highest BCUT2D eigenvalue weighted by Gasteiger charge is 2.12. The Morgan fingerprint density at radius 1 is 0.933 bits per heavy atom. The first-order chi connectivity index (χ1) is 14.8. The van der Waals surface area contributed by atoms with Crippen molar-refractivity contribution in [2.75, 3.05) is 6.79 Å². The molecule has 0 N–H and O–H groups in total. The first-order valence-corrected chi connectivity index (χ1v) is 10.5. The number of aryl methyl sites for hydroxylation is 1. The van der Waals surface area contributed by atoms with Crippen molar-refractivity contribution in [3.8, 4) is 28.4 Å².